The molecule has 8 heteroatoms. The first-order chi connectivity index (χ1) is 16.6. The minimum Gasteiger partial charge on any atom is -0.507 e. The average molecular weight is 460 g/mol. The number of carbonyl (C=O) groups is 1. The molecule has 3 heterocycles. The molecule has 1 aliphatic carbocycles. The molecule has 8 nitrogen and oxygen atoms in total. The maximum atomic E-state index is 12.2. The summed E-state index contributed by atoms with van der Waals surface area (Å²) in [6.07, 6.45) is 5.18. The highest BCUT2D eigenvalue weighted by molar-refractivity contribution is 6.15. The summed E-state index contributed by atoms with van der Waals surface area (Å²) in [4.78, 5) is 18.8. The molecule has 1 atom stereocenters. The first-order valence-corrected chi connectivity index (χ1v) is 11.4. The SMILES string of the molecule is O=C(O)c1coc2c1c(C(c1ccnc(OC3CC3)c1)N1CCOCC1)c(O)c1ccccc12. The number of carboxylic acids is 1. The number of aromatic carboxylic acids is 1. The van der Waals surface area contributed by atoms with Crippen molar-refractivity contribution in [1.82, 2.24) is 9.88 Å². The van der Waals surface area contributed by atoms with Crippen molar-refractivity contribution in [2.45, 2.75) is 25.0 Å². The van der Waals surface area contributed by atoms with Crippen molar-refractivity contribution >= 4 is 27.7 Å². The topological polar surface area (TPSA) is 105 Å². The van der Waals surface area contributed by atoms with Gasteiger partial charge in [0.05, 0.1) is 19.3 Å². The van der Waals surface area contributed by atoms with Gasteiger partial charge in [-0.3, -0.25) is 4.90 Å². The summed E-state index contributed by atoms with van der Waals surface area (Å²) in [5.74, 6) is -0.534. The number of hydrogen-bond donors (Lipinski definition) is 2. The number of fused-ring (bicyclic) bond motifs is 3. The third kappa shape index (κ3) is 3.55. The number of phenols is 1. The molecule has 2 aromatic heterocycles. The minimum atomic E-state index is -1.11. The zero-order valence-corrected chi connectivity index (χ0v) is 18.4. The Morgan fingerprint density at radius 3 is 2.65 bits per heavy atom. The largest absolute Gasteiger partial charge is 0.507 e. The molecule has 0 spiro atoms. The van der Waals surface area contributed by atoms with Crippen LogP contribution >= 0.6 is 0 Å². The molecule has 4 aromatic rings. The monoisotopic (exact) mass is 460 g/mol. The molecule has 2 fully saturated rings. The quantitative estimate of drug-likeness (QED) is 0.438. The van der Waals surface area contributed by atoms with Crippen LogP contribution in [0.2, 0.25) is 0 Å². The van der Waals surface area contributed by atoms with E-state index in [2.05, 4.69) is 9.88 Å². The number of benzene rings is 2. The van der Waals surface area contributed by atoms with Crippen LogP contribution < -0.4 is 4.74 Å². The van der Waals surface area contributed by atoms with Crippen molar-refractivity contribution in [3.05, 3.63) is 65.5 Å². The lowest BCUT2D eigenvalue weighted by molar-refractivity contribution is 0.0238. The number of hydrogen-bond acceptors (Lipinski definition) is 7. The van der Waals surface area contributed by atoms with Gasteiger partial charge in [0.15, 0.2) is 0 Å². The van der Waals surface area contributed by atoms with E-state index in [-0.39, 0.29) is 17.4 Å². The maximum absolute atomic E-state index is 12.2. The van der Waals surface area contributed by atoms with Crippen molar-refractivity contribution in [3.8, 4) is 11.6 Å². The fourth-order valence-electron chi connectivity index (χ4n) is 4.81. The molecular formula is C26H24N2O6. The molecular weight excluding hydrogens is 436 g/mol. The second-order valence-electron chi connectivity index (χ2n) is 8.76. The Labute approximate surface area is 195 Å². The molecule has 1 saturated heterocycles. The molecule has 34 heavy (non-hydrogen) atoms. The van der Waals surface area contributed by atoms with Gasteiger partial charge in [-0.1, -0.05) is 24.3 Å². The molecule has 1 aliphatic heterocycles. The van der Waals surface area contributed by atoms with Gasteiger partial charge in [-0.25, -0.2) is 9.78 Å². The van der Waals surface area contributed by atoms with Crippen molar-refractivity contribution < 1.29 is 28.9 Å². The van der Waals surface area contributed by atoms with Crippen LogP contribution in [-0.4, -0.2) is 58.5 Å². The van der Waals surface area contributed by atoms with Crippen molar-refractivity contribution in [2.75, 3.05) is 26.3 Å². The molecule has 0 bridgehead atoms. The van der Waals surface area contributed by atoms with Gasteiger partial charge >= 0.3 is 5.97 Å². The van der Waals surface area contributed by atoms with Crippen LogP contribution in [0.3, 0.4) is 0 Å². The number of ether oxygens (including phenoxy) is 2. The van der Waals surface area contributed by atoms with Gasteiger partial charge in [-0.2, -0.15) is 0 Å². The van der Waals surface area contributed by atoms with Gasteiger partial charge in [-0.05, 0) is 24.5 Å². The van der Waals surface area contributed by atoms with E-state index in [1.165, 1.54) is 6.26 Å². The fourth-order valence-corrected chi connectivity index (χ4v) is 4.81. The van der Waals surface area contributed by atoms with E-state index in [0.29, 0.717) is 59.5 Å². The number of pyridine rings is 1. The summed E-state index contributed by atoms with van der Waals surface area (Å²) < 4.78 is 17.3. The van der Waals surface area contributed by atoms with Crippen LogP contribution in [0.4, 0.5) is 0 Å². The van der Waals surface area contributed by atoms with Crippen LogP contribution in [0.5, 0.6) is 11.6 Å². The number of carboxylic acid groups (broad SMARTS) is 1. The molecule has 0 amide bonds. The summed E-state index contributed by atoms with van der Waals surface area (Å²) in [7, 11) is 0. The average Bonchev–Trinajstić information content (AvgIpc) is 3.56. The van der Waals surface area contributed by atoms with Gasteiger partial charge in [0.1, 0.15) is 29.3 Å². The highest BCUT2D eigenvalue weighted by Gasteiger charge is 2.33. The maximum Gasteiger partial charge on any atom is 0.339 e. The number of morpholine rings is 1. The summed E-state index contributed by atoms with van der Waals surface area (Å²) in [6, 6.07) is 10.7. The van der Waals surface area contributed by atoms with Crippen molar-refractivity contribution in [1.29, 1.82) is 0 Å². The van der Waals surface area contributed by atoms with E-state index in [1.807, 2.05) is 36.4 Å². The Morgan fingerprint density at radius 1 is 1.15 bits per heavy atom. The van der Waals surface area contributed by atoms with Crippen LogP contribution in [0.1, 0.15) is 40.4 Å². The Hall–Kier alpha value is -3.62. The normalized spacial score (nSPS) is 17.8. The summed E-state index contributed by atoms with van der Waals surface area (Å²) in [5.41, 5.74) is 1.83. The zero-order chi connectivity index (χ0) is 23.2. The van der Waals surface area contributed by atoms with Gasteiger partial charge in [0.2, 0.25) is 5.88 Å². The Bertz CT molecular complexity index is 1390. The lowest BCUT2D eigenvalue weighted by Crippen LogP contribution is -2.39. The predicted molar refractivity (Wildman–Crippen MR) is 124 cm³/mol. The van der Waals surface area contributed by atoms with E-state index in [1.54, 1.807) is 6.20 Å². The number of aromatic hydroxyl groups is 1. The predicted octanol–water partition coefficient (Wildman–Crippen LogP) is 4.35. The second-order valence-corrected chi connectivity index (χ2v) is 8.76. The molecule has 174 valence electrons. The molecule has 2 N–H and O–H groups in total. The highest BCUT2D eigenvalue weighted by Crippen LogP contribution is 2.46. The number of aromatic nitrogens is 1. The Kier molecular flexibility index (Phi) is 5.12. The van der Waals surface area contributed by atoms with E-state index in [9.17, 15) is 15.0 Å². The molecule has 2 aromatic carbocycles. The van der Waals surface area contributed by atoms with E-state index in [4.69, 9.17) is 13.9 Å². The van der Waals surface area contributed by atoms with Crippen LogP contribution in [0.25, 0.3) is 21.7 Å². The molecule has 0 radical (unpaired) electrons. The number of nitrogens with zero attached hydrogens (tertiary/aromatic N) is 2. The van der Waals surface area contributed by atoms with Gasteiger partial charge < -0.3 is 24.1 Å². The molecule has 6 rings (SSSR count). The van der Waals surface area contributed by atoms with E-state index < -0.39 is 12.0 Å². The smallest absolute Gasteiger partial charge is 0.339 e. The van der Waals surface area contributed by atoms with Crippen LogP contribution in [0, 0.1) is 0 Å². The number of rotatable bonds is 6. The number of furan rings is 1. The van der Waals surface area contributed by atoms with E-state index >= 15 is 0 Å². The second kappa shape index (κ2) is 8.30. The molecule has 1 unspecified atom stereocenters. The van der Waals surface area contributed by atoms with E-state index in [0.717, 1.165) is 18.4 Å². The van der Waals surface area contributed by atoms with Gasteiger partial charge in [0.25, 0.3) is 0 Å². The zero-order valence-electron chi connectivity index (χ0n) is 18.4. The number of phenolic OH excluding ortho intramolecular Hbond substituents is 1. The first kappa shape index (κ1) is 20.9. The summed E-state index contributed by atoms with van der Waals surface area (Å²) in [6.45, 7) is 2.34. The van der Waals surface area contributed by atoms with Crippen LogP contribution in [0.15, 0.2) is 53.3 Å². The lowest BCUT2D eigenvalue weighted by atomic mass is 9.89. The third-order valence-corrected chi connectivity index (χ3v) is 6.54. The minimum absolute atomic E-state index is 0.0211. The van der Waals surface area contributed by atoms with Crippen molar-refractivity contribution in [3.63, 3.8) is 0 Å². The molecule has 1 saturated carbocycles. The standard InChI is InChI=1S/C26H24N2O6/c29-24-17-3-1-2-4-18(17)25-21(19(14-33-25)26(30)31)22(24)23(28-9-11-32-12-10-28)15-7-8-27-20(13-15)34-16-5-6-16/h1-4,7-8,13-14,16,23,29H,5-6,9-12H2,(H,30,31). The Morgan fingerprint density at radius 2 is 1.91 bits per heavy atom. The van der Waals surface area contributed by atoms with Gasteiger partial charge in [-0.15, -0.1) is 0 Å². The molecule has 2 aliphatic rings. The van der Waals surface area contributed by atoms with Crippen molar-refractivity contribution in [2.24, 2.45) is 0 Å². The van der Waals surface area contributed by atoms with Gasteiger partial charge in [0, 0.05) is 47.1 Å². The first-order valence-electron chi connectivity index (χ1n) is 11.4. The fraction of sp³-hybridized carbons (Fsp3) is 0.308. The van der Waals surface area contributed by atoms with Crippen LogP contribution in [-0.2, 0) is 4.74 Å². The lowest BCUT2D eigenvalue weighted by Gasteiger charge is -2.36. The summed E-state index contributed by atoms with van der Waals surface area (Å²) in [5, 5.41) is 23.3. The highest BCUT2D eigenvalue weighted by atomic mass is 16.5. The Balaban J connectivity index is 1.63. The third-order valence-electron chi connectivity index (χ3n) is 6.54. The summed E-state index contributed by atoms with van der Waals surface area (Å²) >= 11 is 0.